The largest absolute Gasteiger partial charge is 0.192 e. The van der Waals surface area contributed by atoms with Gasteiger partial charge in [-0.3, -0.25) is 0 Å². The molecular formula is C43H25NS2. The molecule has 0 aliphatic carbocycles. The molecule has 3 heteroatoms. The minimum atomic E-state index is 0.682. The summed E-state index contributed by atoms with van der Waals surface area (Å²) in [4.78, 5) is 0. The van der Waals surface area contributed by atoms with Gasteiger partial charge in [-0.15, -0.1) is 22.7 Å². The molecule has 0 radical (unpaired) electrons. The van der Waals surface area contributed by atoms with Crippen LogP contribution in [0.1, 0.15) is 5.56 Å². The van der Waals surface area contributed by atoms with Crippen molar-refractivity contribution in [3.63, 3.8) is 0 Å². The summed E-state index contributed by atoms with van der Waals surface area (Å²) >= 11 is 3.70. The molecule has 0 unspecified atom stereocenters. The molecule has 0 N–H and O–H groups in total. The van der Waals surface area contributed by atoms with E-state index in [1.807, 2.05) is 46.9 Å². The maximum Gasteiger partial charge on any atom is 0.0998 e. The normalized spacial score (nSPS) is 11.5. The lowest BCUT2D eigenvalue weighted by atomic mass is 9.91. The molecule has 9 rings (SSSR count). The van der Waals surface area contributed by atoms with E-state index in [4.69, 9.17) is 0 Å². The minimum Gasteiger partial charge on any atom is -0.192 e. The minimum absolute atomic E-state index is 0.682. The SMILES string of the molecule is N#Cc1ccccc1-c1cccc(-c2cc(-c3ccc4c(c3)sc3ccccc34)cc(-c3ccc4sc5ccccc5c4c3)c2)c1. The van der Waals surface area contributed by atoms with Gasteiger partial charge in [0.15, 0.2) is 0 Å². The van der Waals surface area contributed by atoms with E-state index in [0.29, 0.717) is 5.56 Å². The van der Waals surface area contributed by atoms with Gasteiger partial charge < -0.3 is 0 Å². The Hall–Kier alpha value is -5.53. The lowest BCUT2D eigenvalue weighted by Crippen LogP contribution is -1.88. The number of hydrogen-bond acceptors (Lipinski definition) is 3. The number of fused-ring (bicyclic) bond motifs is 6. The highest BCUT2D eigenvalue weighted by Gasteiger charge is 2.13. The molecule has 7 aromatic carbocycles. The predicted molar refractivity (Wildman–Crippen MR) is 199 cm³/mol. The van der Waals surface area contributed by atoms with Crippen molar-refractivity contribution in [2.45, 2.75) is 0 Å². The first-order valence-electron chi connectivity index (χ1n) is 15.3. The molecule has 2 aromatic heterocycles. The van der Waals surface area contributed by atoms with Crippen molar-refractivity contribution in [1.82, 2.24) is 0 Å². The third kappa shape index (κ3) is 4.51. The topological polar surface area (TPSA) is 23.8 Å². The van der Waals surface area contributed by atoms with E-state index in [-0.39, 0.29) is 0 Å². The number of rotatable bonds is 4. The van der Waals surface area contributed by atoms with E-state index in [0.717, 1.165) is 22.3 Å². The van der Waals surface area contributed by atoms with Gasteiger partial charge in [-0.25, -0.2) is 0 Å². The first-order valence-corrected chi connectivity index (χ1v) is 16.9. The molecule has 0 amide bonds. The average molecular weight is 620 g/mol. The quantitative estimate of drug-likeness (QED) is 0.192. The third-order valence-corrected chi connectivity index (χ3v) is 11.2. The molecule has 0 spiro atoms. The van der Waals surface area contributed by atoms with Crippen LogP contribution >= 0.6 is 22.7 Å². The van der Waals surface area contributed by atoms with Crippen LogP contribution in [0.4, 0.5) is 0 Å². The van der Waals surface area contributed by atoms with Crippen LogP contribution in [0.3, 0.4) is 0 Å². The number of thiophene rings is 2. The van der Waals surface area contributed by atoms with Gasteiger partial charge in [-0.1, -0.05) is 91.0 Å². The molecular weight excluding hydrogens is 595 g/mol. The van der Waals surface area contributed by atoms with Gasteiger partial charge >= 0.3 is 0 Å². The molecule has 0 aliphatic rings. The van der Waals surface area contributed by atoms with Crippen LogP contribution in [0.2, 0.25) is 0 Å². The van der Waals surface area contributed by atoms with Crippen LogP contribution in [-0.4, -0.2) is 0 Å². The van der Waals surface area contributed by atoms with Crippen molar-refractivity contribution in [3.8, 4) is 50.6 Å². The Kier molecular flexibility index (Phi) is 6.31. The Morgan fingerprint density at radius 2 is 0.870 bits per heavy atom. The average Bonchev–Trinajstić information content (AvgIpc) is 3.69. The molecule has 0 aliphatic heterocycles. The zero-order valence-electron chi connectivity index (χ0n) is 24.7. The second-order valence-electron chi connectivity index (χ2n) is 11.7. The highest BCUT2D eigenvalue weighted by Crippen LogP contribution is 2.41. The molecule has 1 nitrogen and oxygen atoms in total. The smallest absolute Gasteiger partial charge is 0.0998 e. The molecule has 46 heavy (non-hydrogen) atoms. The fraction of sp³-hybridized carbons (Fsp3) is 0. The molecule has 0 fully saturated rings. The van der Waals surface area contributed by atoms with Gasteiger partial charge in [0.25, 0.3) is 0 Å². The third-order valence-electron chi connectivity index (χ3n) is 8.91. The Morgan fingerprint density at radius 1 is 0.348 bits per heavy atom. The van der Waals surface area contributed by atoms with Gasteiger partial charge in [0.1, 0.15) is 0 Å². The molecule has 0 saturated heterocycles. The summed E-state index contributed by atoms with van der Waals surface area (Å²) < 4.78 is 5.23. The number of nitriles is 1. The Morgan fingerprint density at radius 3 is 1.63 bits per heavy atom. The van der Waals surface area contributed by atoms with Crippen LogP contribution in [0.25, 0.3) is 84.9 Å². The van der Waals surface area contributed by atoms with Crippen LogP contribution in [-0.2, 0) is 0 Å². The lowest BCUT2D eigenvalue weighted by molar-refractivity contribution is 1.48. The van der Waals surface area contributed by atoms with Crippen molar-refractivity contribution in [2.24, 2.45) is 0 Å². The summed E-state index contributed by atoms with van der Waals surface area (Å²) in [7, 11) is 0. The van der Waals surface area contributed by atoms with Crippen molar-refractivity contribution >= 4 is 63.0 Å². The van der Waals surface area contributed by atoms with Crippen LogP contribution in [0, 0.1) is 11.3 Å². The van der Waals surface area contributed by atoms with Gasteiger partial charge in [0.05, 0.1) is 11.6 Å². The summed E-state index contributed by atoms with van der Waals surface area (Å²) in [5, 5.41) is 15.0. The highest BCUT2D eigenvalue weighted by atomic mass is 32.1. The zero-order valence-corrected chi connectivity index (χ0v) is 26.3. The monoisotopic (exact) mass is 619 g/mol. The summed E-state index contributed by atoms with van der Waals surface area (Å²) in [6, 6.07) is 56.8. The summed E-state index contributed by atoms with van der Waals surface area (Å²) in [6.45, 7) is 0. The zero-order chi connectivity index (χ0) is 30.6. The van der Waals surface area contributed by atoms with Crippen LogP contribution < -0.4 is 0 Å². The van der Waals surface area contributed by atoms with E-state index in [2.05, 4.69) is 133 Å². The van der Waals surface area contributed by atoms with Gasteiger partial charge in [-0.2, -0.15) is 5.26 Å². The first kappa shape index (κ1) is 26.8. The molecule has 214 valence electrons. The van der Waals surface area contributed by atoms with Crippen molar-refractivity contribution < 1.29 is 0 Å². The second-order valence-corrected chi connectivity index (χ2v) is 13.8. The lowest BCUT2D eigenvalue weighted by Gasteiger charge is -2.13. The fourth-order valence-electron chi connectivity index (χ4n) is 6.64. The number of nitrogens with zero attached hydrogens (tertiary/aromatic N) is 1. The van der Waals surface area contributed by atoms with E-state index >= 15 is 0 Å². The van der Waals surface area contributed by atoms with Gasteiger partial charge in [0.2, 0.25) is 0 Å². The first-order chi connectivity index (χ1) is 22.7. The summed E-state index contributed by atoms with van der Waals surface area (Å²) in [5.41, 5.74) is 9.72. The van der Waals surface area contributed by atoms with Gasteiger partial charge in [-0.05, 0) is 105 Å². The highest BCUT2D eigenvalue weighted by molar-refractivity contribution is 7.26. The summed E-state index contributed by atoms with van der Waals surface area (Å²) in [6.07, 6.45) is 0. The Balaban J connectivity index is 1.25. The molecule has 0 saturated carbocycles. The fourth-order valence-corrected chi connectivity index (χ4v) is 8.87. The molecule has 2 heterocycles. The Labute approximate surface area is 274 Å². The number of benzene rings is 7. The van der Waals surface area contributed by atoms with Crippen molar-refractivity contribution in [1.29, 1.82) is 5.26 Å². The van der Waals surface area contributed by atoms with Crippen LogP contribution in [0.15, 0.2) is 152 Å². The molecule has 0 atom stereocenters. The Bertz CT molecular complexity index is 2670. The van der Waals surface area contributed by atoms with Crippen molar-refractivity contribution in [3.05, 3.63) is 157 Å². The molecule has 0 bridgehead atoms. The van der Waals surface area contributed by atoms with E-state index < -0.39 is 0 Å². The summed E-state index contributed by atoms with van der Waals surface area (Å²) in [5.74, 6) is 0. The van der Waals surface area contributed by atoms with E-state index in [1.54, 1.807) is 0 Å². The van der Waals surface area contributed by atoms with Gasteiger partial charge in [0, 0.05) is 40.3 Å². The number of hydrogen-bond donors (Lipinski definition) is 0. The predicted octanol–water partition coefficient (Wildman–Crippen LogP) is 13.0. The maximum absolute atomic E-state index is 9.79. The standard InChI is InChI=1S/C43H25NS2/c44-26-31-8-1-2-11-35(31)30-10-7-9-27(20-30)32-21-33(28-17-19-42-39(24-28)37-13-4-6-15-41(37)45-42)23-34(22-32)29-16-18-38-36-12-3-5-14-40(36)46-43(38)25-29/h1-25H. The van der Waals surface area contributed by atoms with Crippen LogP contribution in [0.5, 0.6) is 0 Å². The van der Waals surface area contributed by atoms with E-state index in [1.165, 1.54) is 62.6 Å². The van der Waals surface area contributed by atoms with E-state index in [9.17, 15) is 5.26 Å². The van der Waals surface area contributed by atoms with Crippen molar-refractivity contribution in [2.75, 3.05) is 0 Å². The maximum atomic E-state index is 9.79. The second kappa shape index (κ2) is 10.8. The molecule has 9 aromatic rings.